The number of carbonyl (C=O) groups is 1. The van der Waals surface area contributed by atoms with Gasteiger partial charge in [-0.25, -0.2) is 8.42 Å². The third-order valence-electron chi connectivity index (χ3n) is 5.51. The van der Waals surface area contributed by atoms with E-state index in [1.165, 1.54) is 59.7 Å². The van der Waals surface area contributed by atoms with E-state index >= 15 is 0 Å². The number of nitrogens with zero attached hydrogens (tertiary/aromatic N) is 3. The number of ether oxygens (including phenoxy) is 2. The molecular formula is C24H31N3O5S2. The lowest BCUT2D eigenvalue weighted by Crippen LogP contribution is -2.36. The molecule has 0 fully saturated rings. The fourth-order valence-electron chi connectivity index (χ4n) is 3.68. The number of benzene rings is 2. The average molecular weight is 506 g/mol. The first kappa shape index (κ1) is 26.2. The molecule has 10 heteroatoms. The standard InChI is InChI=1S/C24H31N3O5S2/c1-5-18-8-7-9-21-22(18)27(6-2)24(33-21)25-23(28)19-10-12-20(13-11-19)34(29,30)26(14-16-31-3)15-17-32-4/h7-13H,5-6,14-17H2,1-4H3. The van der Waals surface area contributed by atoms with E-state index in [0.717, 1.165) is 16.6 Å². The van der Waals surface area contributed by atoms with Crippen LogP contribution in [0.25, 0.3) is 10.2 Å². The predicted molar refractivity (Wildman–Crippen MR) is 134 cm³/mol. The second kappa shape index (κ2) is 11.9. The van der Waals surface area contributed by atoms with Gasteiger partial charge in [0.2, 0.25) is 10.0 Å². The Hall–Kier alpha value is -2.37. The van der Waals surface area contributed by atoms with E-state index in [9.17, 15) is 13.2 Å². The zero-order valence-electron chi connectivity index (χ0n) is 20.0. The molecule has 0 aliphatic heterocycles. The summed E-state index contributed by atoms with van der Waals surface area (Å²) >= 11 is 1.48. The highest BCUT2D eigenvalue weighted by Gasteiger charge is 2.24. The lowest BCUT2D eigenvalue weighted by molar-refractivity contribution is 0.0997. The van der Waals surface area contributed by atoms with Gasteiger partial charge in [0.05, 0.1) is 28.3 Å². The molecule has 3 rings (SSSR count). The Bertz CT molecular complexity index is 1290. The molecule has 0 bridgehead atoms. The van der Waals surface area contributed by atoms with E-state index in [1.807, 2.05) is 19.1 Å². The summed E-state index contributed by atoms with van der Waals surface area (Å²) in [6, 6.07) is 12.0. The summed E-state index contributed by atoms with van der Waals surface area (Å²) in [5.41, 5.74) is 2.65. The van der Waals surface area contributed by atoms with Crippen LogP contribution in [0, 0.1) is 0 Å². The van der Waals surface area contributed by atoms with Gasteiger partial charge in [-0.05, 0) is 49.2 Å². The molecular weight excluding hydrogens is 474 g/mol. The average Bonchev–Trinajstić information content (AvgIpc) is 3.21. The maximum atomic E-state index is 13.1. The van der Waals surface area contributed by atoms with Crippen molar-refractivity contribution in [2.45, 2.75) is 31.7 Å². The lowest BCUT2D eigenvalue weighted by atomic mass is 10.1. The van der Waals surface area contributed by atoms with Gasteiger partial charge in [-0.15, -0.1) is 0 Å². The van der Waals surface area contributed by atoms with Crippen LogP contribution in [0.3, 0.4) is 0 Å². The second-order valence-corrected chi connectivity index (χ2v) is 10.5. The van der Waals surface area contributed by atoms with Crippen molar-refractivity contribution in [3.63, 3.8) is 0 Å². The highest BCUT2D eigenvalue weighted by Crippen LogP contribution is 2.22. The number of sulfonamides is 1. The van der Waals surface area contributed by atoms with Crippen molar-refractivity contribution in [1.29, 1.82) is 0 Å². The Morgan fingerprint density at radius 1 is 1.03 bits per heavy atom. The van der Waals surface area contributed by atoms with Crippen molar-refractivity contribution in [3.05, 3.63) is 58.4 Å². The summed E-state index contributed by atoms with van der Waals surface area (Å²) in [7, 11) is -0.712. The fraction of sp³-hybridized carbons (Fsp3) is 0.417. The molecule has 1 amide bonds. The van der Waals surface area contributed by atoms with Crippen LogP contribution in [0.1, 0.15) is 29.8 Å². The molecule has 1 heterocycles. The van der Waals surface area contributed by atoms with Crippen LogP contribution in [0.2, 0.25) is 0 Å². The normalized spacial score (nSPS) is 12.7. The number of amides is 1. The van der Waals surface area contributed by atoms with Gasteiger partial charge < -0.3 is 14.0 Å². The van der Waals surface area contributed by atoms with Crippen molar-refractivity contribution < 1.29 is 22.7 Å². The molecule has 0 atom stereocenters. The zero-order valence-corrected chi connectivity index (χ0v) is 21.6. The smallest absolute Gasteiger partial charge is 0.279 e. The molecule has 0 aliphatic rings. The van der Waals surface area contributed by atoms with Gasteiger partial charge in [-0.3, -0.25) is 4.79 Å². The van der Waals surface area contributed by atoms with Crippen molar-refractivity contribution in [2.75, 3.05) is 40.5 Å². The molecule has 1 aromatic heterocycles. The number of fused-ring (bicyclic) bond motifs is 1. The lowest BCUT2D eigenvalue weighted by Gasteiger charge is -2.21. The second-order valence-electron chi connectivity index (χ2n) is 7.58. The predicted octanol–water partition coefficient (Wildman–Crippen LogP) is 3.31. The van der Waals surface area contributed by atoms with Crippen LogP contribution in [-0.4, -0.2) is 63.7 Å². The van der Waals surface area contributed by atoms with E-state index in [1.54, 1.807) is 0 Å². The maximum Gasteiger partial charge on any atom is 0.279 e. The van der Waals surface area contributed by atoms with Crippen LogP contribution in [0.15, 0.2) is 52.4 Å². The number of hydrogen-bond acceptors (Lipinski definition) is 6. The Labute approximate surface area is 204 Å². The number of methoxy groups -OCH3 is 2. The molecule has 0 saturated carbocycles. The van der Waals surface area contributed by atoms with Crippen molar-refractivity contribution >= 4 is 37.5 Å². The quantitative estimate of drug-likeness (QED) is 0.399. The van der Waals surface area contributed by atoms with Gasteiger partial charge >= 0.3 is 0 Å². The molecule has 0 spiro atoms. The number of para-hydroxylation sites is 1. The number of aryl methyl sites for hydroxylation is 2. The molecule has 8 nitrogen and oxygen atoms in total. The minimum absolute atomic E-state index is 0.106. The summed E-state index contributed by atoms with van der Waals surface area (Å²) in [6.07, 6.45) is 0.892. The molecule has 0 saturated heterocycles. The summed E-state index contributed by atoms with van der Waals surface area (Å²) < 4.78 is 40.7. The van der Waals surface area contributed by atoms with Gasteiger partial charge in [-0.1, -0.05) is 30.4 Å². The summed E-state index contributed by atoms with van der Waals surface area (Å²) in [5, 5.41) is 0. The van der Waals surface area contributed by atoms with Crippen molar-refractivity contribution in [2.24, 2.45) is 4.99 Å². The first-order valence-corrected chi connectivity index (χ1v) is 13.4. The third-order valence-corrected chi connectivity index (χ3v) is 8.46. The Morgan fingerprint density at radius 3 is 2.24 bits per heavy atom. The third kappa shape index (κ3) is 5.64. The zero-order chi connectivity index (χ0) is 24.7. The molecule has 0 N–H and O–H groups in total. The molecule has 0 unspecified atom stereocenters. The van der Waals surface area contributed by atoms with E-state index in [0.29, 0.717) is 16.9 Å². The molecule has 0 aliphatic carbocycles. The molecule has 0 radical (unpaired) electrons. The summed E-state index contributed by atoms with van der Waals surface area (Å²) in [6.45, 7) is 5.78. The van der Waals surface area contributed by atoms with E-state index in [2.05, 4.69) is 22.5 Å². The van der Waals surface area contributed by atoms with Crippen molar-refractivity contribution in [3.8, 4) is 0 Å². The molecule has 184 valence electrons. The topological polar surface area (TPSA) is 90.2 Å². The number of thiazole rings is 1. The molecule has 2 aromatic carbocycles. The fourth-order valence-corrected chi connectivity index (χ4v) is 6.22. The number of carbonyl (C=O) groups excluding carboxylic acids is 1. The SMILES string of the molecule is CCc1cccc2sc(=NC(=O)c3ccc(S(=O)(=O)N(CCOC)CCOC)cc3)n(CC)c12. The number of rotatable bonds is 11. The monoisotopic (exact) mass is 505 g/mol. The first-order chi connectivity index (χ1) is 16.4. The Morgan fingerprint density at radius 2 is 1.68 bits per heavy atom. The van der Waals surface area contributed by atoms with Gasteiger partial charge in [-0.2, -0.15) is 9.30 Å². The first-order valence-electron chi connectivity index (χ1n) is 11.2. The van der Waals surface area contributed by atoms with Crippen LogP contribution < -0.4 is 4.80 Å². The highest BCUT2D eigenvalue weighted by atomic mass is 32.2. The van der Waals surface area contributed by atoms with Gasteiger partial charge in [0, 0.05) is 39.4 Å². The van der Waals surface area contributed by atoms with Gasteiger partial charge in [0.15, 0.2) is 4.80 Å². The van der Waals surface area contributed by atoms with Crippen LogP contribution in [0.4, 0.5) is 0 Å². The Kier molecular flexibility index (Phi) is 9.15. The van der Waals surface area contributed by atoms with E-state index < -0.39 is 15.9 Å². The maximum absolute atomic E-state index is 13.1. The van der Waals surface area contributed by atoms with Gasteiger partial charge in [0.25, 0.3) is 5.91 Å². The van der Waals surface area contributed by atoms with Crippen molar-refractivity contribution in [1.82, 2.24) is 8.87 Å². The summed E-state index contributed by atoms with van der Waals surface area (Å²) in [5.74, 6) is -0.411. The minimum Gasteiger partial charge on any atom is -0.383 e. The van der Waals surface area contributed by atoms with E-state index in [-0.39, 0.29) is 31.2 Å². The molecule has 34 heavy (non-hydrogen) atoms. The van der Waals surface area contributed by atoms with Crippen LogP contribution in [-0.2, 0) is 32.5 Å². The molecule has 3 aromatic rings. The summed E-state index contributed by atoms with van der Waals surface area (Å²) in [4.78, 5) is 18.0. The number of aromatic nitrogens is 1. The largest absolute Gasteiger partial charge is 0.383 e. The van der Waals surface area contributed by atoms with Gasteiger partial charge in [0.1, 0.15) is 0 Å². The van der Waals surface area contributed by atoms with Crippen LogP contribution in [0.5, 0.6) is 0 Å². The van der Waals surface area contributed by atoms with Crippen LogP contribution >= 0.6 is 11.3 Å². The minimum atomic E-state index is -3.75. The van der Waals surface area contributed by atoms with E-state index in [4.69, 9.17) is 9.47 Å². The number of hydrogen-bond donors (Lipinski definition) is 0. The highest BCUT2D eigenvalue weighted by molar-refractivity contribution is 7.89. The Balaban J connectivity index is 1.91.